The van der Waals surface area contributed by atoms with Crippen molar-refractivity contribution in [3.05, 3.63) is 0 Å². The molecule has 0 aromatic heterocycles. The highest BCUT2D eigenvalue weighted by molar-refractivity contribution is 4.91. The molecule has 0 amide bonds. The Morgan fingerprint density at radius 3 is 1.77 bits per heavy atom. The van der Waals surface area contributed by atoms with Gasteiger partial charge in [0.05, 0.1) is 17.8 Å². The maximum Gasteiger partial charge on any atom is 0.0907 e. The van der Waals surface area contributed by atoms with E-state index >= 15 is 0 Å². The average Bonchev–Trinajstić information content (AvgIpc) is 2.52. The van der Waals surface area contributed by atoms with Crippen molar-refractivity contribution in [1.29, 1.82) is 0 Å². The normalized spacial score (nSPS) is 27.0. The monoisotopic (exact) mass is 316 g/mol. The Morgan fingerprint density at radius 2 is 1.27 bits per heavy atom. The van der Waals surface area contributed by atoms with E-state index in [0.717, 1.165) is 25.7 Å². The van der Waals surface area contributed by atoms with Crippen LogP contribution in [-0.2, 0) is 0 Å². The predicted molar refractivity (Wildman–Crippen MR) is 88.7 cm³/mol. The zero-order valence-corrected chi connectivity index (χ0v) is 14.1. The van der Waals surface area contributed by atoms with Crippen molar-refractivity contribution in [2.45, 2.75) is 108 Å². The first-order valence-corrected chi connectivity index (χ1v) is 9.28. The highest BCUT2D eigenvalue weighted by Crippen LogP contribution is 2.33. The molecule has 0 saturated heterocycles. The molecular formula is C18H36O4. The minimum Gasteiger partial charge on any atom is -0.396 e. The summed E-state index contributed by atoms with van der Waals surface area (Å²) in [7, 11) is 0. The Kier molecular flexibility index (Phi) is 10.3. The van der Waals surface area contributed by atoms with Crippen molar-refractivity contribution in [2.75, 3.05) is 6.61 Å². The molecule has 1 unspecified atom stereocenters. The second kappa shape index (κ2) is 11.4. The van der Waals surface area contributed by atoms with Crippen LogP contribution in [0.2, 0.25) is 0 Å². The van der Waals surface area contributed by atoms with Crippen molar-refractivity contribution >= 4 is 0 Å². The average molecular weight is 316 g/mol. The first kappa shape index (κ1) is 19.9. The molecule has 0 aliphatic heterocycles. The van der Waals surface area contributed by atoms with Crippen molar-refractivity contribution in [3.63, 3.8) is 0 Å². The van der Waals surface area contributed by atoms with E-state index in [1.165, 1.54) is 32.1 Å². The van der Waals surface area contributed by atoms with Crippen molar-refractivity contribution in [1.82, 2.24) is 0 Å². The Morgan fingerprint density at radius 1 is 0.818 bits per heavy atom. The van der Waals surface area contributed by atoms with Gasteiger partial charge in [-0.15, -0.1) is 0 Å². The van der Waals surface area contributed by atoms with Crippen LogP contribution in [0.3, 0.4) is 0 Å². The van der Waals surface area contributed by atoms with Gasteiger partial charge in [-0.05, 0) is 38.5 Å². The van der Waals surface area contributed by atoms with Gasteiger partial charge in [0.25, 0.3) is 0 Å². The summed E-state index contributed by atoms with van der Waals surface area (Å²) in [5, 5.41) is 38.8. The third-order valence-electron chi connectivity index (χ3n) is 5.08. The standard InChI is InChI=1S/C18H36O4/c19-15-9-7-5-3-1-2-4-6-8-10-17(21)18(22)13-11-16(20)12-14-18/h16-17,19-22H,1-15H2. The van der Waals surface area contributed by atoms with Crippen LogP contribution in [-0.4, -0.2) is 44.8 Å². The van der Waals surface area contributed by atoms with Gasteiger partial charge >= 0.3 is 0 Å². The lowest BCUT2D eigenvalue weighted by Gasteiger charge is -2.38. The van der Waals surface area contributed by atoms with Crippen LogP contribution in [0, 0.1) is 0 Å². The molecule has 4 heteroatoms. The predicted octanol–water partition coefficient (Wildman–Crippen LogP) is 2.91. The van der Waals surface area contributed by atoms with Gasteiger partial charge < -0.3 is 20.4 Å². The maximum absolute atomic E-state index is 10.4. The Balaban J connectivity index is 1.95. The molecule has 4 N–H and O–H groups in total. The Bertz CT molecular complexity index is 262. The molecule has 132 valence electrons. The van der Waals surface area contributed by atoms with Gasteiger partial charge in [0.15, 0.2) is 0 Å². The van der Waals surface area contributed by atoms with Crippen molar-refractivity contribution < 1.29 is 20.4 Å². The van der Waals surface area contributed by atoms with Crippen molar-refractivity contribution in [2.24, 2.45) is 0 Å². The SMILES string of the molecule is OCCCCCCCCCCCC(O)C1(O)CCC(O)CC1. The van der Waals surface area contributed by atoms with Gasteiger partial charge in [0.1, 0.15) is 0 Å². The summed E-state index contributed by atoms with van der Waals surface area (Å²) in [4.78, 5) is 0. The number of aliphatic hydroxyl groups excluding tert-OH is 3. The zero-order chi connectivity index (χ0) is 16.3. The van der Waals surface area contributed by atoms with Crippen LogP contribution in [0.4, 0.5) is 0 Å². The lowest BCUT2D eigenvalue weighted by atomic mass is 9.78. The third-order valence-corrected chi connectivity index (χ3v) is 5.08. The summed E-state index contributed by atoms with van der Waals surface area (Å²) in [6.45, 7) is 0.313. The molecule has 22 heavy (non-hydrogen) atoms. The summed E-state index contributed by atoms with van der Waals surface area (Å²) in [6.07, 6.45) is 12.3. The highest BCUT2D eigenvalue weighted by Gasteiger charge is 2.38. The summed E-state index contributed by atoms with van der Waals surface area (Å²) in [5.74, 6) is 0. The molecule has 1 fully saturated rings. The van der Waals surface area contributed by atoms with E-state index < -0.39 is 11.7 Å². The molecule has 4 nitrogen and oxygen atoms in total. The van der Waals surface area contributed by atoms with Gasteiger partial charge in [-0.3, -0.25) is 0 Å². The summed E-state index contributed by atoms with van der Waals surface area (Å²) in [5.41, 5.74) is -0.966. The Hall–Kier alpha value is -0.160. The minimum atomic E-state index is -0.966. The fourth-order valence-electron chi connectivity index (χ4n) is 3.39. The molecule has 0 aromatic rings. The number of aliphatic hydroxyl groups is 4. The van der Waals surface area contributed by atoms with E-state index in [4.69, 9.17) is 5.11 Å². The zero-order valence-electron chi connectivity index (χ0n) is 14.1. The summed E-state index contributed by atoms with van der Waals surface area (Å²) >= 11 is 0. The number of hydrogen-bond acceptors (Lipinski definition) is 4. The minimum absolute atomic E-state index is 0.301. The van der Waals surface area contributed by atoms with Crippen LogP contribution >= 0.6 is 0 Å². The molecule has 1 aliphatic carbocycles. The molecule has 1 saturated carbocycles. The fraction of sp³-hybridized carbons (Fsp3) is 1.00. The van der Waals surface area contributed by atoms with Gasteiger partial charge in [-0.25, -0.2) is 0 Å². The highest BCUT2D eigenvalue weighted by atomic mass is 16.3. The lowest BCUT2D eigenvalue weighted by Crippen LogP contribution is -2.46. The lowest BCUT2D eigenvalue weighted by molar-refractivity contribution is -0.115. The van der Waals surface area contributed by atoms with Crippen molar-refractivity contribution in [3.8, 4) is 0 Å². The summed E-state index contributed by atoms with van der Waals surface area (Å²) in [6, 6.07) is 0. The first-order chi connectivity index (χ1) is 10.6. The molecular weight excluding hydrogens is 280 g/mol. The molecule has 0 radical (unpaired) electrons. The van der Waals surface area contributed by atoms with Gasteiger partial charge in [0.2, 0.25) is 0 Å². The fourth-order valence-corrected chi connectivity index (χ4v) is 3.39. The van der Waals surface area contributed by atoms with Gasteiger partial charge in [-0.1, -0.05) is 51.4 Å². The van der Waals surface area contributed by atoms with E-state index in [2.05, 4.69) is 0 Å². The third kappa shape index (κ3) is 7.91. The van der Waals surface area contributed by atoms with Crippen LogP contribution in [0.1, 0.15) is 89.9 Å². The first-order valence-electron chi connectivity index (χ1n) is 9.28. The van der Waals surface area contributed by atoms with E-state index in [-0.39, 0.29) is 6.10 Å². The Labute approximate surface area is 135 Å². The molecule has 0 spiro atoms. The molecule has 0 heterocycles. The molecule has 1 aliphatic rings. The smallest absolute Gasteiger partial charge is 0.0907 e. The van der Waals surface area contributed by atoms with Crippen LogP contribution in [0.5, 0.6) is 0 Å². The van der Waals surface area contributed by atoms with Gasteiger partial charge in [0, 0.05) is 6.61 Å². The van der Waals surface area contributed by atoms with E-state index in [1.807, 2.05) is 0 Å². The van der Waals surface area contributed by atoms with Gasteiger partial charge in [-0.2, -0.15) is 0 Å². The van der Waals surface area contributed by atoms with Crippen LogP contribution in [0.15, 0.2) is 0 Å². The van der Waals surface area contributed by atoms with E-state index in [1.54, 1.807) is 0 Å². The largest absolute Gasteiger partial charge is 0.396 e. The van der Waals surface area contributed by atoms with E-state index in [9.17, 15) is 15.3 Å². The molecule has 0 bridgehead atoms. The summed E-state index contributed by atoms with van der Waals surface area (Å²) < 4.78 is 0. The van der Waals surface area contributed by atoms with Crippen LogP contribution in [0.25, 0.3) is 0 Å². The number of rotatable bonds is 12. The molecule has 1 atom stereocenters. The molecule has 1 rings (SSSR count). The second-order valence-corrected chi connectivity index (χ2v) is 7.04. The van der Waals surface area contributed by atoms with Crippen LogP contribution < -0.4 is 0 Å². The quantitative estimate of drug-likeness (QED) is 0.417. The maximum atomic E-state index is 10.4. The topological polar surface area (TPSA) is 80.9 Å². The van der Waals surface area contributed by atoms with E-state index in [0.29, 0.717) is 38.7 Å². The number of hydrogen-bond donors (Lipinski definition) is 4. The molecule has 0 aromatic carbocycles. The second-order valence-electron chi connectivity index (χ2n) is 7.04. The number of unbranched alkanes of at least 4 members (excludes halogenated alkanes) is 8.